The molecule has 0 bridgehead atoms. The molecule has 0 N–H and O–H groups in total. The van der Waals surface area contributed by atoms with Gasteiger partial charge >= 0.3 is 6.18 Å². The van der Waals surface area contributed by atoms with E-state index in [0.29, 0.717) is 4.47 Å². The van der Waals surface area contributed by atoms with Crippen LogP contribution in [-0.2, 0) is 0 Å². The first-order valence-electron chi connectivity index (χ1n) is 3.39. The van der Waals surface area contributed by atoms with E-state index in [9.17, 15) is 18.0 Å². The zero-order valence-corrected chi connectivity index (χ0v) is 8.87. The number of Topliss-reactive ketones (excluding diaryl/α,β-unsaturated/α-hetero) is 1. The molecule has 0 unspecified atom stereocenters. The summed E-state index contributed by atoms with van der Waals surface area (Å²) in [5.74, 6) is -1.90. The molecule has 0 amide bonds. The van der Waals surface area contributed by atoms with Crippen LogP contribution in [0.2, 0.25) is 5.02 Å². The molecule has 0 heterocycles. The summed E-state index contributed by atoms with van der Waals surface area (Å²) in [4.78, 5) is 10.7. The minimum atomic E-state index is -4.86. The van der Waals surface area contributed by atoms with Gasteiger partial charge in [0, 0.05) is 10.0 Å². The molecule has 1 aromatic rings. The minimum Gasteiger partial charge on any atom is -0.284 e. The molecule has 0 aliphatic carbocycles. The van der Waals surface area contributed by atoms with Gasteiger partial charge in [-0.25, -0.2) is 0 Å². The van der Waals surface area contributed by atoms with E-state index in [-0.39, 0.29) is 5.02 Å². The fourth-order valence-electron chi connectivity index (χ4n) is 0.801. The Bertz CT molecular complexity index is 375. The normalized spacial score (nSPS) is 11.5. The highest BCUT2D eigenvalue weighted by atomic mass is 79.9. The van der Waals surface area contributed by atoms with Crippen molar-refractivity contribution in [1.29, 1.82) is 0 Å². The molecule has 1 aromatic carbocycles. The van der Waals surface area contributed by atoms with E-state index < -0.39 is 17.5 Å². The molecule has 0 fully saturated rings. The van der Waals surface area contributed by atoms with Crippen molar-refractivity contribution in [2.75, 3.05) is 0 Å². The number of alkyl halides is 3. The lowest BCUT2D eigenvalue weighted by atomic mass is 10.1. The Hall–Kier alpha value is -0.550. The van der Waals surface area contributed by atoms with Crippen LogP contribution in [-0.4, -0.2) is 12.0 Å². The summed E-state index contributed by atoms with van der Waals surface area (Å²) in [5.41, 5.74) is -0.467. The first-order valence-corrected chi connectivity index (χ1v) is 4.56. The lowest BCUT2D eigenvalue weighted by molar-refractivity contribution is -0.0885. The third-order valence-electron chi connectivity index (χ3n) is 1.44. The highest BCUT2D eigenvalue weighted by Crippen LogP contribution is 2.27. The highest BCUT2D eigenvalue weighted by Gasteiger charge is 2.39. The van der Waals surface area contributed by atoms with Gasteiger partial charge in [0.25, 0.3) is 5.78 Å². The number of carbonyl (C=O) groups is 1. The Morgan fingerprint density at radius 1 is 1.36 bits per heavy atom. The summed E-state index contributed by atoms with van der Waals surface area (Å²) in [6.07, 6.45) is -4.86. The van der Waals surface area contributed by atoms with Gasteiger partial charge in [0.15, 0.2) is 0 Å². The van der Waals surface area contributed by atoms with Crippen molar-refractivity contribution in [3.8, 4) is 0 Å². The van der Waals surface area contributed by atoms with Crippen LogP contribution < -0.4 is 0 Å². The summed E-state index contributed by atoms with van der Waals surface area (Å²) in [6, 6.07) is 3.33. The fourth-order valence-corrected chi connectivity index (χ4v) is 1.23. The second kappa shape index (κ2) is 3.90. The maximum Gasteiger partial charge on any atom is 0.454 e. The van der Waals surface area contributed by atoms with Crippen molar-refractivity contribution in [3.05, 3.63) is 33.3 Å². The molecular formula is C8H3BrClF3O. The largest absolute Gasteiger partial charge is 0.454 e. The van der Waals surface area contributed by atoms with E-state index in [4.69, 9.17) is 11.6 Å². The summed E-state index contributed by atoms with van der Waals surface area (Å²) in [7, 11) is 0. The van der Waals surface area contributed by atoms with Crippen LogP contribution in [0.25, 0.3) is 0 Å². The topological polar surface area (TPSA) is 17.1 Å². The van der Waals surface area contributed by atoms with Crippen LogP contribution in [0.15, 0.2) is 22.7 Å². The minimum absolute atomic E-state index is 0.0695. The number of benzene rings is 1. The average Bonchev–Trinajstić information content (AvgIpc) is 2.07. The number of hydrogen-bond donors (Lipinski definition) is 0. The van der Waals surface area contributed by atoms with Crippen LogP contribution in [0.5, 0.6) is 0 Å². The number of carbonyl (C=O) groups excluding carboxylic acids is 1. The third-order valence-corrected chi connectivity index (χ3v) is 2.67. The zero-order valence-electron chi connectivity index (χ0n) is 6.53. The molecule has 14 heavy (non-hydrogen) atoms. The quantitative estimate of drug-likeness (QED) is 0.717. The van der Waals surface area contributed by atoms with Gasteiger partial charge < -0.3 is 0 Å². The van der Waals surface area contributed by atoms with Crippen molar-refractivity contribution < 1.29 is 18.0 Å². The summed E-state index contributed by atoms with van der Waals surface area (Å²) in [5, 5.41) is 0.0695. The summed E-state index contributed by atoms with van der Waals surface area (Å²) >= 11 is 8.55. The molecule has 0 aromatic heterocycles. The van der Waals surface area contributed by atoms with Crippen LogP contribution in [0.3, 0.4) is 0 Å². The van der Waals surface area contributed by atoms with E-state index in [2.05, 4.69) is 15.9 Å². The number of hydrogen-bond acceptors (Lipinski definition) is 1. The van der Waals surface area contributed by atoms with Crippen molar-refractivity contribution in [3.63, 3.8) is 0 Å². The van der Waals surface area contributed by atoms with Crippen LogP contribution in [0.1, 0.15) is 10.4 Å². The zero-order chi connectivity index (χ0) is 10.9. The Morgan fingerprint density at radius 3 is 2.36 bits per heavy atom. The predicted molar refractivity (Wildman–Crippen MR) is 49.5 cm³/mol. The predicted octanol–water partition coefficient (Wildman–Crippen LogP) is 3.85. The Morgan fingerprint density at radius 2 is 1.93 bits per heavy atom. The van der Waals surface area contributed by atoms with Crippen molar-refractivity contribution in [2.45, 2.75) is 6.18 Å². The van der Waals surface area contributed by atoms with E-state index in [1.165, 1.54) is 6.07 Å². The Labute approximate surface area is 91.0 Å². The van der Waals surface area contributed by atoms with Crippen LogP contribution >= 0.6 is 27.5 Å². The lowest BCUT2D eigenvalue weighted by Gasteiger charge is -2.05. The van der Waals surface area contributed by atoms with Gasteiger partial charge in [-0.2, -0.15) is 13.2 Å². The molecule has 6 heteroatoms. The number of rotatable bonds is 1. The van der Waals surface area contributed by atoms with E-state index in [1.807, 2.05) is 0 Å². The Balaban J connectivity index is 3.10. The summed E-state index contributed by atoms with van der Waals surface area (Å²) < 4.78 is 36.3. The second-order valence-corrected chi connectivity index (χ2v) is 3.72. The fraction of sp³-hybridized carbons (Fsp3) is 0.125. The van der Waals surface area contributed by atoms with Gasteiger partial charge in [-0.15, -0.1) is 0 Å². The second-order valence-electron chi connectivity index (χ2n) is 2.46. The lowest BCUT2D eigenvalue weighted by Crippen LogP contribution is -2.22. The molecule has 0 saturated carbocycles. The molecule has 0 spiro atoms. The standard InChI is InChI=1S/C8H3BrClF3O/c9-5-2-1-4(3-6(5)10)7(14)8(11,12)13/h1-3H. The van der Waals surface area contributed by atoms with Gasteiger partial charge in [0.2, 0.25) is 0 Å². The molecule has 0 aliphatic rings. The first kappa shape index (κ1) is 11.5. The molecule has 0 radical (unpaired) electrons. The summed E-state index contributed by atoms with van der Waals surface area (Å²) in [6.45, 7) is 0. The van der Waals surface area contributed by atoms with E-state index in [1.54, 1.807) is 0 Å². The van der Waals surface area contributed by atoms with Crippen molar-refractivity contribution >= 4 is 33.3 Å². The van der Waals surface area contributed by atoms with Gasteiger partial charge in [0.05, 0.1) is 5.02 Å². The molecule has 0 atom stereocenters. The monoisotopic (exact) mass is 286 g/mol. The SMILES string of the molecule is O=C(c1ccc(Br)c(Cl)c1)C(F)(F)F. The number of halogens is 5. The molecule has 1 nitrogen and oxygen atoms in total. The maximum absolute atomic E-state index is 12.0. The van der Waals surface area contributed by atoms with Crippen molar-refractivity contribution in [2.24, 2.45) is 0 Å². The highest BCUT2D eigenvalue weighted by molar-refractivity contribution is 9.10. The molecule has 1 rings (SSSR count). The molecule has 76 valence electrons. The molecule has 0 aliphatic heterocycles. The number of ketones is 1. The van der Waals surface area contributed by atoms with Crippen molar-refractivity contribution in [1.82, 2.24) is 0 Å². The Kier molecular flexibility index (Phi) is 3.21. The van der Waals surface area contributed by atoms with Gasteiger partial charge in [-0.05, 0) is 34.1 Å². The van der Waals surface area contributed by atoms with Gasteiger partial charge in [0.1, 0.15) is 0 Å². The van der Waals surface area contributed by atoms with E-state index >= 15 is 0 Å². The smallest absolute Gasteiger partial charge is 0.284 e. The average molecular weight is 287 g/mol. The van der Waals surface area contributed by atoms with Crippen LogP contribution in [0.4, 0.5) is 13.2 Å². The van der Waals surface area contributed by atoms with E-state index in [0.717, 1.165) is 12.1 Å². The van der Waals surface area contributed by atoms with Gasteiger partial charge in [-0.3, -0.25) is 4.79 Å². The molecule has 0 saturated heterocycles. The van der Waals surface area contributed by atoms with Crippen LogP contribution in [0, 0.1) is 0 Å². The third kappa shape index (κ3) is 2.48. The maximum atomic E-state index is 12.0. The molecular weight excluding hydrogens is 284 g/mol. The van der Waals surface area contributed by atoms with Gasteiger partial charge in [-0.1, -0.05) is 11.6 Å². The first-order chi connectivity index (χ1) is 6.32.